The van der Waals surface area contributed by atoms with Gasteiger partial charge >= 0.3 is 6.03 Å². The van der Waals surface area contributed by atoms with Gasteiger partial charge in [0.25, 0.3) is 0 Å². The number of ether oxygens (including phenoxy) is 2. The highest BCUT2D eigenvalue weighted by Crippen LogP contribution is 2.34. The van der Waals surface area contributed by atoms with Gasteiger partial charge in [-0.05, 0) is 18.6 Å². The molecule has 0 spiro atoms. The van der Waals surface area contributed by atoms with Crippen LogP contribution in [-0.4, -0.2) is 44.4 Å². The average molecular weight is 348 g/mol. The molecule has 128 valence electrons. The number of nitrogens with one attached hydrogen (secondary N) is 2. The highest BCUT2D eigenvalue weighted by Gasteiger charge is 2.25. The number of para-hydroxylation sites is 1. The highest BCUT2D eigenvalue weighted by atomic mass is 32.1. The first-order chi connectivity index (χ1) is 11.7. The van der Waals surface area contributed by atoms with Crippen LogP contribution < -0.4 is 25.0 Å². The number of carbonyl (C=O) groups is 1. The van der Waals surface area contributed by atoms with Crippen LogP contribution in [0.3, 0.4) is 0 Å². The van der Waals surface area contributed by atoms with Crippen molar-refractivity contribution in [2.75, 3.05) is 37.5 Å². The molecular weight excluding hydrogens is 328 g/mol. The molecule has 1 saturated heterocycles. The van der Waals surface area contributed by atoms with Crippen LogP contribution in [0, 0.1) is 0 Å². The van der Waals surface area contributed by atoms with E-state index in [2.05, 4.69) is 20.5 Å². The topological polar surface area (TPSA) is 75.7 Å². The van der Waals surface area contributed by atoms with Gasteiger partial charge in [0.15, 0.2) is 16.6 Å². The summed E-state index contributed by atoms with van der Waals surface area (Å²) in [7, 11) is 3.11. The van der Waals surface area contributed by atoms with E-state index in [0.717, 1.165) is 24.6 Å². The summed E-state index contributed by atoms with van der Waals surface area (Å²) in [6.07, 6.45) is 2.69. The van der Waals surface area contributed by atoms with Crippen molar-refractivity contribution < 1.29 is 14.3 Å². The number of anilines is 2. The number of rotatable bonds is 5. The van der Waals surface area contributed by atoms with Crippen LogP contribution in [-0.2, 0) is 0 Å². The SMILES string of the molecule is COc1cccc(NC(=O)NC2CCN(c3nccs3)C2)c1OC. The van der Waals surface area contributed by atoms with E-state index < -0.39 is 0 Å². The van der Waals surface area contributed by atoms with Crippen LogP contribution in [0.1, 0.15) is 6.42 Å². The average Bonchev–Trinajstić information content (AvgIpc) is 3.25. The number of methoxy groups -OCH3 is 2. The lowest BCUT2D eigenvalue weighted by Gasteiger charge is -2.17. The number of benzene rings is 1. The Morgan fingerprint density at radius 3 is 2.96 bits per heavy atom. The monoisotopic (exact) mass is 348 g/mol. The van der Waals surface area contributed by atoms with E-state index in [1.165, 1.54) is 0 Å². The molecule has 1 aromatic heterocycles. The van der Waals surface area contributed by atoms with Crippen molar-refractivity contribution in [2.45, 2.75) is 12.5 Å². The fraction of sp³-hybridized carbons (Fsp3) is 0.375. The highest BCUT2D eigenvalue weighted by molar-refractivity contribution is 7.13. The maximum atomic E-state index is 12.3. The Hall–Kier alpha value is -2.48. The van der Waals surface area contributed by atoms with Gasteiger partial charge in [0.05, 0.1) is 19.9 Å². The Kier molecular flexibility index (Phi) is 5.05. The maximum absolute atomic E-state index is 12.3. The van der Waals surface area contributed by atoms with Gasteiger partial charge in [-0.3, -0.25) is 0 Å². The van der Waals surface area contributed by atoms with Crippen molar-refractivity contribution in [1.82, 2.24) is 10.3 Å². The van der Waals surface area contributed by atoms with Crippen LogP contribution in [0.5, 0.6) is 11.5 Å². The fourth-order valence-corrected chi connectivity index (χ4v) is 3.43. The molecule has 2 aromatic rings. The van der Waals surface area contributed by atoms with Gasteiger partial charge < -0.3 is 25.0 Å². The lowest BCUT2D eigenvalue weighted by Crippen LogP contribution is -2.39. The molecule has 0 bridgehead atoms. The van der Waals surface area contributed by atoms with Crippen molar-refractivity contribution in [3.8, 4) is 11.5 Å². The predicted molar refractivity (Wildman–Crippen MR) is 94.4 cm³/mol. The molecule has 0 radical (unpaired) electrons. The molecule has 1 unspecified atom stereocenters. The predicted octanol–water partition coefficient (Wildman–Crippen LogP) is 2.56. The molecule has 1 fully saturated rings. The number of hydrogen-bond acceptors (Lipinski definition) is 6. The summed E-state index contributed by atoms with van der Waals surface area (Å²) in [6, 6.07) is 5.19. The van der Waals surface area contributed by atoms with Gasteiger partial charge in [0.1, 0.15) is 0 Å². The second kappa shape index (κ2) is 7.39. The molecule has 1 aliphatic rings. The number of hydrogen-bond donors (Lipinski definition) is 2. The molecule has 1 aliphatic heterocycles. The maximum Gasteiger partial charge on any atom is 0.319 e. The first kappa shape index (κ1) is 16.4. The van der Waals surface area contributed by atoms with E-state index in [-0.39, 0.29) is 12.1 Å². The third-order valence-electron chi connectivity index (χ3n) is 3.86. The minimum Gasteiger partial charge on any atom is -0.493 e. The summed E-state index contributed by atoms with van der Waals surface area (Å²) in [5, 5.41) is 8.77. The van der Waals surface area contributed by atoms with Crippen molar-refractivity contribution >= 4 is 28.2 Å². The van der Waals surface area contributed by atoms with Crippen LogP contribution in [0.2, 0.25) is 0 Å². The van der Waals surface area contributed by atoms with Crippen molar-refractivity contribution in [3.05, 3.63) is 29.8 Å². The Morgan fingerprint density at radius 2 is 2.25 bits per heavy atom. The Morgan fingerprint density at radius 1 is 1.38 bits per heavy atom. The molecule has 7 nitrogen and oxygen atoms in total. The number of amides is 2. The summed E-state index contributed by atoms with van der Waals surface area (Å²) < 4.78 is 10.6. The quantitative estimate of drug-likeness (QED) is 0.868. The number of carbonyl (C=O) groups excluding carboxylic acids is 1. The summed E-state index contributed by atoms with van der Waals surface area (Å²) in [5.74, 6) is 1.08. The number of aromatic nitrogens is 1. The smallest absolute Gasteiger partial charge is 0.319 e. The molecular formula is C16H20N4O3S. The van der Waals surface area contributed by atoms with Crippen LogP contribution >= 0.6 is 11.3 Å². The van der Waals surface area contributed by atoms with Gasteiger partial charge in [0, 0.05) is 30.7 Å². The summed E-state index contributed by atoms with van der Waals surface area (Å²) in [6.45, 7) is 1.65. The molecule has 2 amide bonds. The molecule has 2 N–H and O–H groups in total. The zero-order valence-electron chi connectivity index (χ0n) is 13.6. The standard InChI is InChI=1S/C16H20N4O3S/c1-22-13-5-3-4-12(14(13)23-2)19-15(21)18-11-6-8-20(10-11)16-17-7-9-24-16/h3-5,7,9,11H,6,8,10H2,1-2H3,(H2,18,19,21). The van der Waals surface area contributed by atoms with E-state index >= 15 is 0 Å². The molecule has 3 rings (SSSR count). The van der Waals surface area contributed by atoms with Gasteiger partial charge in [-0.25, -0.2) is 9.78 Å². The van der Waals surface area contributed by atoms with Gasteiger partial charge in [-0.15, -0.1) is 11.3 Å². The fourth-order valence-electron chi connectivity index (χ4n) is 2.75. The van der Waals surface area contributed by atoms with E-state index in [4.69, 9.17) is 9.47 Å². The van der Waals surface area contributed by atoms with Gasteiger partial charge in [-0.2, -0.15) is 0 Å². The number of urea groups is 1. The minimum atomic E-state index is -0.257. The van der Waals surface area contributed by atoms with Crippen molar-refractivity contribution in [1.29, 1.82) is 0 Å². The minimum absolute atomic E-state index is 0.0884. The first-order valence-corrected chi connectivity index (χ1v) is 8.52. The second-order valence-electron chi connectivity index (χ2n) is 5.39. The van der Waals surface area contributed by atoms with Gasteiger partial charge in [-0.1, -0.05) is 6.07 Å². The molecule has 24 heavy (non-hydrogen) atoms. The second-order valence-corrected chi connectivity index (χ2v) is 6.26. The lowest BCUT2D eigenvalue weighted by atomic mass is 10.2. The third-order valence-corrected chi connectivity index (χ3v) is 4.70. The summed E-state index contributed by atoms with van der Waals surface area (Å²) in [5.41, 5.74) is 0.573. The normalized spacial score (nSPS) is 16.8. The molecule has 0 aliphatic carbocycles. The van der Waals surface area contributed by atoms with E-state index in [1.54, 1.807) is 50.0 Å². The van der Waals surface area contributed by atoms with Crippen molar-refractivity contribution in [3.63, 3.8) is 0 Å². The zero-order chi connectivity index (χ0) is 16.9. The zero-order valence-corrected chi connectivity index (χ0v) is 14.4. The van der Waals surface area contributed by atoms with Crippen LogP contribution in [0.15, 0.2) is 29.8 Å². The first-order valence-electron chi connectivity index (χ1n) is 7.64. The Labute approximate surface area is 144 Å². The van der Waals surface area contributed by atoms with Gasteiger partial charge in [0.2, 0.25) is 0 Å². The summed E-state index contributed by atoms with van der Waals surface area (Å²) >= 11 is 1.61. The van der Waals surface area contributed by atoms with Crippen LogP contribution in [0.4, 0.5) is 15.6 Å². The number of nitrogens with zero attached hydrogens (tertiary/aromatic N) is 2. The van der Waals surface area contributed by atoms with E-state index in [9.17, 15) is 4.79 Å². The van der Waals surface area contributed by atoms with Crippen LogP contribution in [0.25, 0.3) is 0 Å². The molecule has 2 heterocycles. The molecule has 1 atom stereocenters. The summed E-state index contributed by atoms with van der Waals surface area (Å²) in [4.78, 5) is 18.8. The third kappa shape index (κ3) is 3.53. The molecule has 1 aromatic carbocycles. The van der Waals surface area contributed by atoms with E-state index in [0.29, 0.717) is 17.2 Å². The molecule has 0 saturated carbocycles. The lowest BCUT2D eigenvalue weighted by molar-refractivity contribution is 0.249. The van der Waals surface area contributed by atoms with Crippen molar-refractivity contribution in [2.24, 2.45) is 0 Å². The Bertz CT molecular complexity index is 693. The van der Waals surface area contributed by atoms with E-state index in [1.807, 2.05) is 5.38 Å². The molecule has 8 heteroatoms. The largest absolute Gasteiger partial charge is 0.493 e. The Balaban J connectivity index is 1.59. The number of thiazole rings is 1.